The number of hydrogen-bond acceptors (Lipinski definition) is 3. The van der Waals surface area contributed by atoms with Gasteiger partial charge in [-0.25, -0.2) is 0 Å². The van der Waals surface area contributed by atoms with Gasteiger partial charge in [0.15, 0.2) is 0 Å². The first-order chi connectivity index (χ1) is 11.7. The predicted octanol–water partition coefficient (Wildman–Crippen LogP) is 3.36. The lowest BCUT2D eigenvalue weighted by molar-refractivity contribution is -0.873. The SMILES string of the molecule is CCCCCCCCCCCCN(CC(=O)O)CC(O)C[N+](C)(C)C. The number of unbranched alkanes of at least 4 members (excludes halogenated alkanes) is 9. The molecule has 0 saturated carbocycles. The zero-order valence-electron chi connectivity index (χ0n) is 17.2. The Morgan fingerprint density at radius 2 is 1.40 bits per heavy atom. The van der Waals surface area contributed by atoms with Crippen LogP contribution in [0.3, 0.4) is 0 Å². The number of nitrogens with zero attached hydrogens (tertiary/aromatic N) is 2. The van der Waals surface area contributed by atoms with Crippen LogP contribution in [0.25, 0.3) is 0 Å². The molecule has 2 N–H and O–H groups in total. The number of aliphatic hydroxyl groups excluding tert-OH is 1. The van der Waals surface area contributed by atoms with Crippen LogP contribution in [0.4, 0.5) is 0 Å². The number of likely N-dealkylation sites (N-methyl/N-ethyl adjacent to an activating group) is 1. The lowest BCUT2D eigenvalue weighted by atomic mass is 10.1. The van der Waals surface area contributed by atoms with E-state index < -0.39 is 12.1 Å². The maximum Gasteiger partial charge on any atom is 0.317 e. The zero-order valence-corrected chi connectivity index (χ0v) is 17.2. The van der Waals surface area contributed by atoms with E-state index in [9.17, 15) is 9.90 Å². The van der Waals surface area contributed by atoms with E-state index in [0.717, 1.165) is 19.4 Å². The average Bonchev–Trinajstić information content (AvgIpc) is 2.46. The van der Waals surface area contributed by atoms with Crippen molar-refractivity contribution in [2.75, 3.05) is 47.3 Å². The molecule has 0 aromatic rings. The smallest absolute Gasteiger partial charge is 0.317 e. The molecule has 0 aliphatic carbocycles. The largest absolute Gasteiger partial charge is 0.480 e. The molecule has 150 valence electrons. The monoisotopic (exact) mass is 359 g/mol. The quantitative estimate of drug-likeness (QED) is 0.309. The number of aliphatic hydroxyl groups is 1. The maximum atomic E-state index is 11.0. The van der Waals surface area contributed by atoms with Crippen molar-refractivity contribution in [2.24, 2.45) is 0 Å². The fraction of sp³-hybridized carbons (Fsp3) is 0.950. The molecule has 0 fully saturated rings. The van der Waals surface area contributed by atoms with Crippen LogP contribution in [0, 0.1) is 0 Å². The lowest BCUT2D eigenvalue weighted by Gasteiger charge is -2.29. The van der Waals surface area contributed by atoms with Crippen molar-refractivity contribution in [3.63, 3.8) is 0 Å². The first-order valence-corrected chi connectivity index (χ1v) is 10.2. The molecule has 0 aliphatic heterocycles. The third-order valence-electron chi connectivity index (χ3n) is 4.41. The van der Waals surface area contributed by atoms with Crippen molar-refractivity contribution in [3.8, 4) is 0 Å². The van der Waals surface area contributed by atoms with Crippen molar-refractivity contribution in [3.05, 3.63) is 0 Å². The number of carboxylic acid groups (broad SMARTS) is 1. The van der Waals surface area contributed by atoms with Crippen LogP contribution in [0.2, 0.25) is 0 Å². The maximum absolute atomic E-state index is 11.0. The Hall–Kier alpha value is -0.650. The normalized spacial score (nSPS) is 13.4. The Balaban J connectivity index is 3.84. The number of carboxylic acids is 1. The first-order valence-electron chi connectivity index (χ1n) is 10.2. The van der Waals surface area contributed by atoms with Gasteiger partial charge in [0, 0.05) is 6.54 Å². The van der Waals surface area contributed by atoms with E-state index >= 15 is 0 Å². The van der Waals surface area contributed by atoms with Crippen molar-refractivity contribution in [1.82, 2.24) is 4.90 Å². The molecule has 25 heavy (non-hydrogen) atoms. The van der Waals surface area contributed by atoms with Gasteiger partial charge in [-0.05, 0) is 13.0 Å². The van der Waals surface area contributed by atoms with Gasteiger partial charge in [0.05, 0.1) is 27.7 Å². The van der Waals surface area contributed by atoms with Crippen LogP contribution < -0.4 is 0 Å². The molecule has 5 heteroatoms. The number of rotatable bonds is 17. The number of aliphatic carboxylic acids is 1. The molecule has 0 aliphatic rings. The van der Waals surface area contributed by atoms with Gasteiger partial charge in [-0.1, -0.05) is 64.7 Å². The van der Waals surface area contributed by atoms with Gasteiger partial charge in [0.2, 0.25) is 0 Å². The van der Waals surface area contributed by atoms with E-state index in [0.29, 0.717) is 17.6 Å². The summed E-state index contributed by atoms with van der Waals surface area (Å²) in [6.07, 6.45) is 12.3. The summed E-state index contributed by atoms with van der Waals surface area (Å²) in [6, 6.07) is 0. The number of quaternary nitrogens is 1. The molecular weight excluding hydrogens is 316 g/mol. The molecule has 0 aromatic carbocycles. The molecule has 0 rings (SSSR count). The minimum absolute atomic E-state index is 0.0195. The summed E-state index contributed by atoms with van der Waals surface area (Å²) in [5.74, 6) is -0.815. The molecule has 0 aromatic heterocycles. The second-order valence-corrected chi connectivity index (χ2v) is 8.44. The molecule has 0 saturated heterocycles. The third-order valence-corrected chi connectivity index (χ3v) is 4.41. The van der Waals surface area contributed by atoms with Crippen molar-refractivity contribution >= 4 is 5.97 Å². The van der Waals surface area contributed by atoms with Gasteiger partial charge < -0.3 is 14.7 Å². The van der Waals surface area contributed by atoms with E-state index in [2.05, 4.69) is 6.92 Å². The van der Waals surface area contributed by atoms with Gasteiger partial charge in [-0.15, -0.1) is 0 Å². The summed E-state index contributed by atoms with van der Waals surface area (Å²) in [5, 5.41) is 19.2. The lowest BCUT2D eigenvalue weighted by Crippen LogP contribution is -2.46. The molecule has 0 spiro atoms. The van der Waals surface area contributed by atoms with Gasteiger partial charge >= 0.3 is 5.97 Å². The first kappa shape index (κ1) is 24.4. The van der Waals surface area contributed by atoms with Crippen LogP contribution in [0.15, 0.2) is 0 Å². The highest BCUT2D eigenvalue weighted by Gasteiger charge is 2.19. The zero-order chi connectivity index (χ0) is 19.1. The number of carbonyl (C=O) groups is 1. The fourth-order valence-corrected chi connectivity index (χ4v) is 3.24. The molecule has 1 atom stereocenters. The van der Waals surface area contributed by atoms with Gasteiger partial charge in [-0.3, -0.25) is 9.69 Å². The van der Waals surface area contributed by atoms with E-state index in [4.69, 9.17) is 5.11 Å². The van der Waals surface area contributed by atoms with Gasteiger partial charge in [-0.2, -0.15) is 0 Å². The molecule has 5 nitrogen and oxygen atoms in total. The minimum Gasteiger partial charge on any atom is -0.480 e. The Morgan fingerprint density at radius 1 is 0.920 bits per heavy atom. The van der Waals surface area contributed by atoms with Crippen LogP contribution in [-0.2, 0) is 4.79 Å². The summed E-state index contributed by atoms with van der Waals surface area (Å²) in [6.45, 7) is 4.10. The van der Waals surface area contributed by atoms with Crippen LogP contribution >= 0.6 is 0 Å². The fourth-order valence-electron chi connectivity index (χ4n) is 3.24. The van der Waals surface area contributed by atoms with E-state index in [1.165, 1.54) is 51.4 Å². The molecule has 0 bridgehead atoms. The molecule has 0 radical (unpaired) electrons. The topological polar surface area (TPSA) is 60.8 Å². The van der Waals surface area contributed by atoms with Crippen LogP contribution in [0.1, 0.15) is 71.1 Å². The average molecular weight is 360 g/mol. The van der Waals surface area contributed by atoms with Crippen LogP contribution in [-0.4, -0.2) is 79.0 Å². The summed E-state index contributed by atoms with van der Waals surface area (Å²) in [7, 11) is 6.10. The van der Waals surface area contributed by atoms with Crippen molar-refractivity contribution in [1.29, 1.82) is 0 Å². The highest BCUT2D eigenvalue weighted by molar-refractivity contribution is 5.69. The molecular formula is C20H43N2O3+. The Labute approximate surface area is 155 Å². The number of hydrogen-bond donors (Lipinski definition) is 2. The Kier molecular flexibility index (Phi) is 14.1. The second kappa shape index (κ2) is 14.5. The summed E-state index contributed by atoms with van der Waals surface area (Å²) in [5.41, 5.74) is 0. The molecule has 0 amide bonds. The molecule has 1 unspecified atom stereocenters. The van der Waals surface area contributed by atoms with Gasteiger partial charge in [0.1, 0.15) is 12.6 Å². The van der Waals surface area contributed by atoms with Crippen molar-refractivity contribution < 1.29 is 19.5 Å². The van der Waals surface area contributed by atoms with Crippen molar-refractivity contribution in [2.45, 2.75) is 77.2 Å². The summed E-state index contributed by atoms with van der Waals surface area (Å²) in [4.78, 5) is 12.9. The summed E-state index contributed by atoms with van der Waals surface area (Å²) >= 11 is 0. The minimum atomic E-state index is -0.815. The van der Waals surface area contributed by atoms with E-state index in [1.807, 2.05) is 26.0 Å². The van der Waals surface area contributed by atoms with Crippen LogP contribution in [0.5, 0.6) is 0 Å². The Morgan fingerprint density at radius 3 is 1.84 bits per heavy atom. The van der Waals surface area contributed by atoms with Gasteiger partial charge in [0.25, 0.3) is 0 Å². The third kappa shape index (κ3) is 18.0. The van der Waals surface area contributed by atoms with E-state index in [-0.39, 0.29) is 6.54 Å². The molecule has 0 heterocycles. The van der Waals surface area contributed by atoms with E-state index in [1.54, 1.807) is 0 Å². The predicted molar refractivity (Wildman–Crippen MR) is 105 cm³/mol. The highest BCUT2D eigenvalue weighted by Crippen LogP contribution is 2.11. The standard InChI is InChI=1S/C20H42N2O3/c1-5-6-7-8-9-10-11-12-13-14-15-21(17-20(24)25)16-19(23)18-22(2,3)4/h19,23H,5-18H2,1-4H3/p+1. The second-order valence-electron chi connectivity index (χ2n) is 8.44. The highest BCUT2D eigenvalue weighted by atomic mass is 16.4. The Bertz CT molecular complexity index is 329. The summed E-state index contributed by atoms with van der Waals surface area (Å²) < 4.78 is 0.681.